The number of ether oxygens (including phenoxy) is 4. The number of nitrogen functional groups attached to an aromatic ring is 2. The maximum atomic E-state index is 13.9. The normalized spacial score (nSPS) is 14.3. The second-order valence-corrected chi connectivity index (χ2v) is 22.2. The zero-order valence-corrected chi connectivity index (χ0v) is 44.4. The number of benzene rings is 2. The average Bonchev–Trinajstić information content (AvgIpc) is 3.88. The predicted octanol–water partition coefficient (Wildman–Crippen LogP) is 7.38. The van der Waals surface area contributed by atoms with Gasteiger partial charge in [-0.3, -0.25) is 14.2 Å². The van der Waals surface area contributed by atoms with Crippen LogP contribution in [0.3, 0.4) is 0 Å². The van der Waals surface area contributed by atoms with E-state index in [0.29, 0.717) is 57.0 Å². The Balaban J connectivity index is 0.000000266. The zero-order valence-electron chi connectivity index (χ0n) is 41.1. The fraction of sp³-hybridized carbons (Fsp3) is 0.455. The molecule has 71 heavy (non-hydrogen) atoms. The maximum Gasteiger partial charge on any atom is 0.402 e. The summed E-state index contributed by atoms with van der Waals surface area (Å²) in [4.78, 5) is 58.0. The van der Waals surface area contributed by atoms with E-state index in [4.69, 9.17) is 68.4 Å². The van der Waals surface area contributed by atoms with Crippen LogP contribution in [0.4, 0.5) is 11.6 Å². The number of rotatable bonds is 20. The van der Waals surface area contributed by atoms with E-state index >= 15 is 0 Å². The molecular formula is C44H62Cl2N12O11P2. The monoisotopic (exact) mass is 1070 g/mol. The number of hydrogen-bond acceptors (Lipinski definition) is 19. The van der Waals surface area contributed by atoms with Gasteiger partial charge in [-0.1, -0.05) is 23.2 Å². The van der Waals surface area contributed by atoms with Crippen LogP contribution in [-0.4, -0.2) is 104 Å². The third kappa shape index (κ3) is 18.6. The molecule has 27 heteroatoms. The number of esters is 2. The van der Waals surface area contributed by atoms with Gasteiger partial charge in [-0.2, -0.15) is 0 Å². The number of imidazole rings is 2. The van der Waals surface area contributed by atoms with Crippen LogP contribution in [0.2, 0.25) is 10.0 Å². The fourth-order valence-electron chi connectivity index (χ4n) is 5.80. The van der Waals surface area contributed by atoms with Gasteiger partial charge in [0.25, 0.3) is 0 Å². The molecular weight excluding hydrogens is 1010 g/mol. The van der Waals surface area contributed by atoms with E-state index in [-0.39, 0.29) is 36.1 Å². The van der Waals surface area contributed by atoms with E-state index in [0.717, 1.165) is 0 Å². The first kappa shape index (κ1) is 58.1. The first-order valence-electron chi connectivity index (χ1n) is 21.9. The summed E-state index contributed by atoms with van der Waals surface area (Å²) >= 11 is 11.7. The molecule has 23 nitrogen and oxygen atoms in total. The van der Waals surface area contributed by atoms with E-state index in [9.17, 15) is 23.6 Å². The number of nitrogens with zero attached hydrogens (tertiary/aromatic N) is 8. The topological polar surface area (TPSA) is 321 Å². The molecule has 0 aliphatic heterocycles. The van der Waals surface area contributed by atoms with Gasteiger partial charge >= 0.3 is 27.1 Å². The molecule has 0 fully saturated rings. The van der Waals surface area contributed by atoms with Crippen LogP contribution in [0.15, 0.2) is 73.8 Å². The lowest BCUT2D eigenvalue weighted by Crippen LogP contribution is -2.48. The minimum absolute atomic E-state index is 0.0877. The molecule has 0 aliphatic carbocycles. The van der Waals surface area contributed by atoms with Gasteiger partial charge in [0.05, 0.1) is 50.2 Å². The van der Waals surface area contributed by atoms with Gasteiger partial charge in [0.15, 0.2) is 29.3 Å². The first-order chi connectivity index (χ1) is 33.1. The fourth-order valence-corrected chi connectivity index (χ4v) is 9.02. The molecule has 0 spiro atoms. The van der Waals surface area contributed by atoms with E-state index in [1.54, 1.807) is 127 Å². The van der Waals surface area contributed by atoms with Crippen molar-refractivity contribution in [1.82, 2.24) is 44.1 Å². The third-order valence-corrected chi connectivity index (χ3v) is 12.5. The van der Waals surface area contributed by atoms with Crippen molar-refractivity contribution in [2.24, 2.45) is 5.73 Å². The summed E-state index contributed by atoms with van der Waals surface area (Å²) in [5, 5.41) is 3.84. The van der Waals surface area contributed by atoms with Crippen LogP contribution in [0.25, 0.3) is 22.3 Å². The van der Waals surface area contributed by atoms with E-state index in [2.05, 4.69) is 35.0 Å². The van der Waals surface area contributed by atoms with Crippen LogP contribution in [0.5, 0.6) is 11.5 Å². The maximum absolute atomic E-state index is 13.9. The second kappa shape index (κ2) is 25.3. The molecule has 0 saturated heterocycles. The molecule has 6 rings (SSSR count). The Morgan fingerprint density at radius 3 is 1.48 bits per heavy atom. The number of anilines is 2. The van der Waals surface area contributed by atoms with Crippen molar-refractivity contribution in [1.29, 1.82) is 0 Å². The standard InChI is InChI=1S/C22H30ClN6O5P.C15H17ClN5O4P.C7H15NO2/c1-14(2)33-21(30)22(4,5)28-35(31,34-17-8-6-16(23)7-9-17)13-32-15(3)10-29-12-27-18-19(24)25-11-26-20(18)29;1-10(6-21-8-20-13-14(17)18-7-19-15(13)21)24-9-26(22,23)25-12-4-2-11(16)3-5-12;1-5(2)10-6(9)7(3,4)8/h6-9,11-12,14-15H,10,13H2,1-5H3,(H,28,31)(H2,24,25,26);2-5,7-8,10H,6,9H2,1H3,(H,22,23)(H2,17,18,19);5H,8H2,1-4H3/t15-,35?;10-;/m11./s1. The lowest BCUT2D eigenvalue weighted by molar-refractivity contribution is -0.154. The van der Waals surface area contributed by atoms with Gasteiger partial charge < -0.3 is 59.2 Å². The summed E-state index contributed by atoms with van der Waals surface area (Å²) in [5.74, 6) is 0.193. The molecule has 0 aliphatic rings. The summed E-state index contributed by atoms with van der Waals surface area (Å²) in [7, 11) is -7.73. The van der Waals surface area contributed by atoms with Crippen LogP contribution in [0.1, 0.15) is 69.2 Å². The summed E-state index contributed by atoms with van der Waals surface area (Å²) in [5.41, 5.74) is 17.0. The summed E-state index contributed by atoms with van der Waals surface area (Å²) in [6.07, 6.45) is 3.85. The average molecular weight is 1070 g/mol. The van der Waals surface area contributed by atoms with E-state index in [1.165, 1.54) is 24.8 Å². The molecule has 4 aromatic heterocycles. The largest absolute Gasteiger partial charge is 0.462 e. The van der Waals surface area contributed by atoms with Crippen molar-refractivity contribution in [2.75, 3.05) is 24.2 Å². The summed E-state index contributed by atoms with van der Waals surface area (Å²) < 4.78 is 62.0. The Kier molecular flexibility index (Phi) is 20.7. The molecule has 0 saturated carbocycles. The highest BCUT2D eigenvalue weighted by atomic mass is 35.5. The van der Waals surface area contributed by atoms with Crippen molar-refractivity contribution < 1.29 is 51.6 Å². The number of nitrogens with two attached hydrogens (primary N) is 3. The minimum Gasteiger partial charge on any atom is -0.462 e. The Labute approximate surface area is 421 Å². The molecule has 2 unspecified atom stereocenters. The zero-order chi connectivity index (χ0) is 52.9. The molecule has 0 radical (unpaired) electrons. The summed E-state index contributed by atoms with van der Waals surface area (Å²) in [6.45, 7) is 17.7. The number of hydrogen-bond donors (Lipinski definition) is 5. The highest BCUT2D eigenvalue weighted by Gasteiger charge is 2.40. The Bertz CT molecular complexity index is 2790. The molecule has 0 amide bonds. The third-order valence-electron chi connectivity index (χ3n) is 9.12. The van der Waals surface area contributed by atoms with Gasteiger partial charge in [-0.15, -0.1) is 0 Å². The van der Waals surface area contributed by atoms with Crippen LogP contribution >= 0.6 is 38.3 Å². The van der Waals surface area contributed by atoms with Crippen molar-refractivity contribution in [3.05, 3.63) is 83.9 Å². The molecule has 2 aromatic carbocycles. The van der Waals surface area contributed by atoms with Crippen molar-refractivity contribution in [2.45, 2.75) is 118 Å². The first-order valence-corrected chi connectivity index (χ1v) is 26.3. The summed E-state index contributed by atoms with van der Waals surface area (Å²) in [6, 6.07) is 12.5. The number of nitrogens with one attached hydrogen (secondary N) is 1. The van der Waals surface area contributed by atoms with E-state index in [1.807, 2.05) is 0 Å². The lowest BCUT2D eigenvalue weighted by atomic mass is 10.1. The molecule has 8 N–H and O–H groups in total. The minimum atomic E-state index is -3.97. The number of fused-ring (bicyclic) bond motifs is 2. The molecule has 4 atom stereocenters. The highest BCUT2D eigenvalue weighted by Crippen LogP contribution is 2.46. The highest BCUT2D eigenvalue weighted by molar-refractivity contribution is 7.57. The Morgan fingerprint density at radius 1 is 0.662 bits per heavy atom. The number of aromatic nitrogens is 8. The smallest absolute Gasteiger partial charge is 0.402 e. The van der Waals surface area contributed by atoms with Crippen molar-refractivity contribution in [3.63, 3.8) is 0 Å². The van der Waals surface area contributed by atoms with Crippen LogP contribution in [-0.2, 0) is 50.8 Å². The van der Waals surface area contributed by atoms with Crippen LogP contribution < -0.4 is 31.3 Å². The van der Waals surface area contributed by atoms with Gasteiger partial charge in [-0.25, -0.2) is 39.6 Å². The molecule has 4 heterocycles. The van der Waals surface area contributed by atoms with E-state index < -0.39 is 50.7 Å². The lowest BCUT2D eigenvalue weighted by Gasteiger charge is -2.31. The number of halogens is 2. The molecule has 388 valence electrons. The Hall–Kier alpha value is -5.48. The van der Waals surface area contributed by atoms with Gasteiger partial charge in [0.2, 0.25) is 0 Å². The van der Waals surface area contributed by atoms with Gasteiger partial charge in [0.1, 0.15) is 52.6 Å². The Morgan fingerprint density at radius 2 is 1.07 bits per heavy atom. The van der Waals surface area contributed by atoms with Gasteiger partial charge in [0, 0.05) is 10.0 Å². The van der Waals surface area contributed by atoms with Crippen molar-refractivity contribution >= 4 is 84.2 Å². The van der Waals surface area contributed by atoms with Crippen molar-refractivity contribution in [3.8, 4) is 11.5 Å². The predicted molar refractivity (Wildman–Crippen MR) is 270 cm³/mol. The number of carbonyl (C=O) groups is 2. The number of carbonyl (C=O) groups excluding carboxylic acids is 2. The quantitative estimate of drug-likeness (QED) is 0.0368. The SMILES string of the molecule is CC(C)OC(=O)C(C)(C)N.CC(C)OC(=O)C(C)(C)NP(=O)(CO[C@H](C)Cn1cnc2c(N)ncnc21)Oc1ccc(Cl)cc1.C[C@H](Cn1cnc2c(N)ncnc21)OCP(=O)(O)Oc1ccc(Cl)cc1. The van der Waals surface area contributed by atoms with Gasteiger partial charge in [-0.05, 0) is 118 Å². The molecule has 0 bridgehead atoms. The molecule has 6 aromatic rings. The second-order valence-electron chi connectivity index (χ2n) is 17.6. The van der Waals surface area contributed by atoms with Crippen LogP contribution in [0, 0.1) is 0 Å².